The van der Waals surface area contributed by atoms with Crippen LogP contribution in [0.4, 0.5) is 16.4 Å². The molecule has 4 aromatic rings. The summed E-state index contributed by atoms with van der Waals surface area (Å²) < 4.78 is 31.1. The average Bonchev–Trinajstić information content (AvgIpc) is 3.19. The lowest BCUT2D eigenvalue weighted by molar-refractivity contribution is 0.458. The van der Waals surface area contributed by atoms with Gasteiger partial charge in [-0.25, -0.2) is 17.7 Å². The zero-order chi connectivity index (χ0) is 24.6. The standard InChI is InChI=1S/C22H21N7O3S2/c1-5-24-16-8-6-7-14-19(16)17(10-18(20(14)30)34(31,32)29(3)4)26-27-22-15-9-13(11-23)12(2)25-21(15)28-33-22/h6-10,24,30H,5H2,1-4H3. The molecular weight excluding hydrogens is 474 g/mol. The summed E-state index contributed by atoms with van der Waals surface area (Å²) in [5.74, 6) is -0.357. The van der Waals surface area contributed by atoms with Crippen molar-refractivity contribution in [1.82, 2.24) is 13.7 Å². The maximum absolute atomic E-state index is 12.9. The van der Waals surface area contributed by atoms with Gasteiger partial charge in [-0.2, -0.15) is 9.64 Å². The maximum Gasteiger partial charge on any atom is 0.246 e. The van der Waals surface area contributed by atoms with Crippen LogP contribution in [0.15, 0.2) is 45.5 Å². The molecule has 0 amide bonds. The Labute approximate surface area is 200 Å². The van der Waals surface area contributed by atoms with Crippen molar-refractivity contribution in [3.05, 3.63) is 41.6 Å². The molecule has 2 heterocycles. The van der Waals surface area contributed by atoms with Crippen LogP contribution in [0, 0.1) is 18.3 Å². The Balaban J connectivity index is 1.98. The van der Waals surface area contributed by atoms with Gasteiger partial charge < -0.3 is 10.4 Å². The molecule has 0 radical (unpaired) electrons. The Morgan fingerprint density at radius 1 is 1.24 bits per heavy atom. The second kappa shape index (κ2) is 8.94. The van der Waals surface area contributed by atoms with Crippen molar-refractivity contribution in [2.24, 2.45) is 10.2 Å². The van der Waals surface area contributed by atoms with Crippen LogP contribution >= 0.6 is 11.5 Å². The first-order chi connectivity index (χ1) is 16.2. The predicted molar refractivity (Wildman–Crippen MR) is 132 cm³/mol. The minimum atomic E-state index is -3.96. The number of nitrogens with zero attached hydrogens (tertiary/aromatic N) is 6. The number of aryl methyl sites for hydroxylation is 1. The maximum atomic E-state index is 12.9. The number of nitriles is 1. The minimum absolute atomic E-state index is 0.256. The van der Waals surface area contributed by atoms with Crippen molar-refractivity contribution in [2.75, 3.05) is 26.0 Å². The van der Waals surface area contributed by atoms with Gasteiger partial charge in [-0.1, -0.05) is 12.1 Å². The number of rotatable bonds is 6. The lowest BCUT2D eigenvalue weighted by atomic mass is 10.1. The van der Waals surface area contributed by atoms with Crippen molar-refractivity contribution >= 4 is 59.7 Å². The van der Waals surface area contributed by atoms with Crippen molar-refractivity contribution in [3.63, 3.8) is 0 Å². The summed E-state index contributed by atoms with van der Waals surface area (Å²) in [7, 11) is -1.18. The molecule has 0 atom stereocenters. The minimum Gasteiger partial charge on any atom is -0.506 e. The molecule has 0 saturated heterocycles. The van der Waals surface area contributed by atoms with Crippen molar-refractivity contribution in [2.45, 2.75) is 18.7 Å². The summed E-state index contributed by atoms with van der Waals surface area (Å²) in [6.45, 7) is 4.27. The third kappa shape index (κ3) is 3.94. The number of phenolic OH excluding ortho intramolecular Hbond substituents is 1. The molecule has 2 N–H and O–H groups in total. The van der Waals surface area contributed by atoms with Crippen molar-refractivity contribution < 1.29 is 13.5 Å². The number of pyridine rings is 1. The Bertz CT molecular complexity index is 1600. The van der Waals surface area contributed by atoms with E-state index in [-0.39, 0.29) is 16.3 Å². The second-order valence-electron chi connectivity index (χ2n) is 7.58. The van der Waals surface area contributed by atoms with Crippen LogP contribution in [0.25, 0.3) is 21.8 Å². The number of azo groups is 1. The number of benzene rings is 2. The van der Waals surface area contributed by atoms with Gasteiger partial charge in [-0.3, -0.25) is 0 Å². The molecule has 4 rings (SSSR count). The molecule has 174 valence electrons. The SMILES string of the molecule is CCNc1cccc2c(O)c(S(=O)(=O)N(C)C)cc(N=Nc3snc4nc(C)c(C#N)cc34)c12. The van der Waals surface area contributed by atoms with Crippen LogP contribution in [0.3, 0.4) is 0 Å². The van der Waals surface area contributed by atoms with Gasteiger partial charge in [0.1, 0.15) is 16.7 Å². The van der Waals surface area contributed by atoms with Gasteiger partial charge in [-0.15, -0.1) is 10.2 Å². The second-order valence-corrected chi connectivity index (χ2v) is 10.5. The number of phenols is 1. The molecule has 0 saturated carbocycles. The van der Waals surface area contributed by atoms with Crippen molar-refractivity contribution in [1.29, 1.82) is 5.26 Å². The largest absolute Gasteiger partial charge is 0.506 e. The number of sulfonamides is 1. The summed E-state index contributed by atoms with van der Waals surface area (Å²) in [5, 5.41) is 34.0. The third-order valence-corrected chi connectivity index (χ3v) is 7.78. The third-order valence-electron chi connectivity index (χ3n) is 5.21. The molecule has 10 nitrogen and oxygen atoms in total. The molecule has 0 aliphatic carbocycles. The van der Waals surface area contributed by atoms with Gasteiger partial charge in [0.25, 0.3) is 0 Å². The Morgan fingerprint density at radius 3 is 2.68 bits per heavy atom. The first kappa shape index (κ1) is 23.5. The molecule has 2 aromatic heterocycles. The lowest BCUT2D eigenvalue weighted by Crippen LogP contribution is -2.22. The molecule has 0 aliphatic rings. The number of aromatic nitrogens is 2. The molecule has 34 heavy (non-hydrogen) atoms. The normalized spacial score (nSPS) is 12.1. The van der Waals surface area contributed by atoms with Crippen LogP contribution in [-0.2, 0) is 10.0 Å². The average molecular weight is 496 g/mol. The number of fused-ring (bicyclic) bond motifs is 2. The van der Waals surface area contributed by atoms with Crippen LogP contribution in [0.2, 0.25) is 0 Å². The van der Waals surface area contributed by atoms with Gasteiger partial charge in [0.2, 0.25) is 10.0 Å². The molecule has 0 fully saturated rings. The number of anilines is 1. The summed E-state index contributed by atoms with van der Waals surface area (Å²) in [4.78, 5) is 4.06. The number of aromatic hydroxyl groups is 1. The summed E-state index contributed by atoms with van der Waals surface area (Å²) >= 11 is 1.07. The fraction of sp³-hybridized carbons (Fsp3) is 0.227. The van der Waals surface area contributed by atoms with Gasteiger partial charge >= 0.3 is 0 Å². The van der Waals surface area contributed by atoms with E-state index >= 15 is 0 Å². The quantitative estimate of drug-likeness (QED) is 0.365. The highest BCUT2D eigenvalue weighted by Crippen LogP contribution is 2.43. The predicted octanol–water partition coefficient (Wildman–Crippen LogP) is 4.83. The van der Waals surface area contributed by atoms with E-state index in [4.69, 9.17) is 0 Å². The van der Waals surface area contributed by atoms with E-state index in [1.54, 1.807) is 25.1 Å². The van der Waals surface area contributed by atoms with E-state index in [0.29, 0.717) is 50.3 Å². The molecule has 0 spiro atoms. The van der Waals surface area contributed by atoms with E-state index in [1.165, 1.54) is 20.2 Å². The topological polar surface area (TPSA) is 144 Å². The first-order valence-corrected chi connectivity index (χ1v) is 12.4. The molecule has 0 aliphatic heterocycles. The van der Waals surface area contributed by atoms with Gasteiger partial charge in [0, 0.05) is 37.1 Å². The number of hydrogen-bond donors (Lipinski definition) is 2. The van der Waals surface area contributed by atoms with E-state index in [1.807, 2.05) is 13.0 Å². The Hall–Kier alpha value is -3.66. The molecular formula is C22H21N7O3S2. The van der Waals surface area contributed by atoms with Crippen LogP contribution in [0.5, 0.6) is 5.75 Å². The van der Waals surface area contributed by atoms with E-state index in [2.05, 4.69) is 31.0 Å². The Kier molecular flexibility index (Phi) is 6.18. The van der Waals surface area contributed by atoms with Crippen LogP contribution in [0.1, 0.15) is 18.2 Å². The highest BCUT2D eigenvalue weighted by atomic mass is 32.2. The van der Waals surface area contributed by atoms with Crippen LogP contribution < -0.4 is 5.32 Å². The molecule has 2 aromatic carbocycles. The highest BCUT2D eigenvalue weighted by Gasteiger charge is 2.26. The molecule has 0 unspecified atom stereocenters. The monoisotopic (exact) mass is 495 g/mol. The highest BCUT2D eigenvalue weighted by molar-refractivity contribution is 7.89. The van der Waals surface area contributed by atoms with E-state index in [9.17, 15) is 18.8 Å². The van der Waals surface area contributed by atoms with Gasteiger partial charge in [0.05, 0.1) is 22.3 Å². The summed E-state index contributed by atoms with van der Waals surface area (Å²) in [6.07, 6.45) is 0. The summed E-state index contributed by atoms with van der Waals surface area (Å²) in [6, 6.07) is 10.2. The Morgan fingerprint density at radius 2 is 2.00 bits per heavy atom. The van der Waals surface area contributed by atoms with E-state index in [0.717, 1.165) is 15.8 Å². The molecule has 0 bridgehead atoms. The lowest BCUT2D eigenvalue weighted by Gasteiger charge is -2.17. The fourth-order valence-corrected chi connectivity index (χ4v) is 5.12. The number of nitrogens with one attached hydrogen (secondary N) is 1. The smallest absolute Gasteiger partial charge is 0.246 e. The first-order valence-electron chi connectivity index (χ1n) is 10.2. The summed E-state index contributed by atoms with van der Waals surface area (Å²) in [5.41, 5.74) is 2.37. The van der Waals surface area contributed by atoms with Crippen LogP contribution in [-0.4, -0.2) is 47.8 Å². The zero-order valence-corrected chi connectivity index (χ0v) is 20.5. The van der Waals surface area contributed by atoms with E-state index < -0.39 is 10.0 Å². The molecule has 12 heteroatoms. The van der Waals surface area contributed by atoms with Gasteiger partial charge in [-0.05, 0) is 43.6 Å². The number of hydrogen-bond acceptors (Lipinski definition) is 10. The van der Waals surface area contributed by atoms with Crippen molar-refractivity contribution in [3.8, 4) is 11.8 Å². The zero-order valence-electron chi connectivity index (χ0n) is 18.9. The fourth-order valence-electron chi connectivity index (χ4n) is 3.47. The van der Waals surface area contributed by atoms with Gasteiger partial charge in [0.15, 0.2) is 10.6 Å².